The Balaban J connectivity index is 1.58. The number of para-hydroxylation sites is 2. The molecule has 3 aromatic carbocycles. The molecule has 0 N–H and O–H groups in total. The van der Waals surface area contributed by atoms with Crippen LogP contribution >= 0.6 is 0 Å². The van der Waals surface area contributed by atoms with Crippen molar-refractivity contribution in [2.45, 2.75) is 19.0 Å². The Kier molecular flexibility index (Phi) is 5.04. The van der Waals surface area contributed by atoms with Crippen molar-refractivity contribution in [2.75, 3.05) is 0 Å². The number of hydrogen-bond acceptors (Lipinski definition) is 2. The molecule has 4 heteroatoms. The van der Waals surface area contributed by atoms with Gasteiger partial charge >= 0.3 is 6.09 Å². The highest BCUT2D eigenvalue weighted by molar-refractivity contribution is 5.87. The summed E-state index contributed by atoms with van der Waals surface area (Å²) in [6.07, 6.45) is 4.78. The van der Waals surface area contributed by atoms with Crippen molar-refractivity contribution in [2.24, 2.45) is 7.05 Å². The number of aryl methyl sites for hydroxylation is 1. The summed E-state index contributed by atoms with van der Waals surface area (Å²) >= 11 is 0. The second-order valence-electron chi connectivity index (χ2n) is 7.81. The van der Waals surface area contributed by atoms with Crippen LogP contribution in [0.1, 0.15) is 22.9 Å². The molecule has 1 unspecified atom stereocenters. The Bertz CT molecular complexity index is 1240. The van der Waals surface area contributed by atoms with Crippen LogP contribution in [0.5, 0.6) is 5.75 Å². The molecular weight excluding hydrogens is 384 g/mol. The highest BCUT2D eigenvalue weighted by Crippen LogP contribution is 2.38. The zero-order chi connectivity index (χ0) is 21.2. The van der Waals surface area contributed by atoms with E-state index >= 15 is 0 Å². The van der Waals surface area contributed by atoms with Crippen molar-refractivity contribution in [1.82, 2.24) is 9.47 Å². The number of rotatable bonds is 4. The second kappa shape index (κ2) is 8.15. The summed E-state index contributed by atoms with van der Waals surface area (Å²) in [6.45, 7) is 0.462. The first-order chi connectivity index (χ1) is 15.2. The maximum absolute atomic E-state index is 13.4. The standard InChI is InChI=1S/C27H24N2O2/c1-28-23-16-9-8-15-22(23)26-24(28)17-10-18-25(26)29(19-20-11-4-2-5-12-20)27(30)31-21-13-6-3-7-14-21/h2-16,18,25H,17,19H2,1H3. The lowest BCUT2D eigenvalue weighted by molar-refractivity contribution is 0.137. The highest BCUT2D eigenvalue weighted by Gasteiger charge is 2.32. The number of allylic oxidation sites excluding steroid dienone is 1. The minimum absolute atomic E-state index is 0.203. The van der Waals surface area contributed by atoms with Gasteiger partial charge in [0.15, 0.2) is 0 Å². The van der Waals surface area contributed by atoms with Crippen molar-refractivity contribution < 1.29 is 9.53 Å². The summed E-state index contributed by atoms with van der Waals surface area (Å²) in [7, 11) is 2.10. The second-order valence-corrected chi connectivity index (χ2v) is 7.81. The normalized spacial score (nSPS) is 14.9. The maximum Gasteiger partial charge on any atom is 0.416 e. The molecular formula is C27H24N2O2. The van der Waals surface area contributed by atoms with E-state index in [4.69, 9.17) is 4.74 Å². The number of amides is 1. The van der Waals surface area contributed by atoms with Crippen LogP contribution in [-0.2, 0) is 20.0 Å². The minimum Gasteiger partial charge on any atom is -0.410 e. The third kappa shape index (κ3) is 3.61. The Labute approximate surface area is 182 Å². The number of nitrogens with zero attached hydrogens (tertiary/aromatic N) is 2. The molecule has 1 atom stereocenters. The third-order valence-electron chi connectivity index (χ3n) is 5.91. The van der Waals surface area contributed by atoms with Crippen LogP contribution in [0.15, 0.2) is 97.1 Å². The number of ether oxygens (including phenoxy) is 1. The molecule has 1 aliphatic carbocycles. The molecule has 0 spiro atoms. The molecule has 0 fully saturated rings. The lowest BCUT2D eigenvalue weighted by Crippen LogP contribution is -2.37. The number of hydrogen-bond donors (Lipinski definition) is 0. The molecule has 0 saturated heterocycles. The van der Waals surface area contributed by atoms with Gasteiger partial charge in [0, 0.05) is 42.2 Å². The van der Waals surface area contributed by atoms with Crippen LogP contribution in [0.2, 0.25) is 0 Å². The summed E-state index contributed by atoms with van der Waals surface area (Å²) in [5.74, 6) is 0.545. The molecule has 154 valence electrons. The summed E-state index contributed by atoms with van der Waals surface area (Å²) in [5.41, 5.74) is 4.66. The van der Waals surface area contributed by atoms with E-state index in [1.54, 1.807) is 12.1 Å². The van der Waals surface area contributed by atoms with Gasteiger partial charge in [0.25, 0.3) is 0 Å². The van der Waals surface area contributed by atoms with Crippen LogP contribution < -0.4 is 4.74 Å². The molecule has 1 amide bonds. The maximum atomic E-state index is 13.4. The molecule has 4 aromatic rings. The monoisotopic (exact) mass is 408 g/mol. The SMILES string of the molecule is Cn1c2c(c3ccccc31)C(N(Cc1ccccc1)C(=O)Oc1ccccc1)C=CC2. The van der Waals surface area contributed by atoms with Gasteiger partial charge in [-0.2, -0.15) is 0 Å². The van der Waals surface area contributed by atoms with Gasteiger partial charge in [0.05, 0.1) is 6.04 Å². The summed E-state index contributed by atoms with van der Waals surface area (Å²) in [5, 5.41) is 1.18. The van der Waals surface area contributed by atoms with Gasteiger partial charge in [-0.3, -0.25) is 4.90 Å². The lowest BCUT2D eigenvalue weighted by atomic mass is 9.94. The van der Waals surface area contributed by atoms with Crippen LogP contribution in [-0.4, -0.2) is 15.6 Å². The molecule has 31 heavy (non-hydrogen) atoms. The molecule has 4 nitrogen and oxygen atoms in total. The lowest BCUT2D eigenvalue weighted by Gasteiger charge is -2.31. The first kappa shape index (κ1) is 19.2. The molecule has 0 radical (unpaired) electrons. The number of carbonyl (C=O) groups is 1. The van der Waals surface area contributed by atoms with Gasteiger partial charge in [-0.15, -0.1) is 0 Å². The van der Waals surface area contributed by atoms with E-state index in [-0.39, 0.29) is 12.1 Å². The van der Waals surface area contributed by atoms with E-state index < -0.39 is 0 Å². The Hall–Kier alpha value is -3.79. The van der Waals surface area contributed by atoms with Crippen LogP contribution in [0.3, 0.4) is 0 Å². The smallest absolute Gasteiger partial charge is 0.410 e. The average molecular weight is 409 g/mol. The molecule has 0 saturated carbocycles. The van der Waals surface area contributed by atoms with Crippen molar-refractivity contribution in [3.8, 4) is 5.75 Å². The van der Waals surface area contributed by atoms with Crippen molar-refractivity contribution in [3.05, 3.63) is 114 Å². The summed E-state index contributed by atoms with van der Waals surface area (Å²) in [4.78, 5) is 15.3. The van der Waals surface area contributed by atoms with Crippen LogP contribution in [0.25, 0.3) is 10.9 Å². The highest BCUT2D eigenvalue weighted by atomic mass is 16.6. The largest absolute Gasteiger partial charge is 0.416 e. The van der Waals surface area contributed by atoms with E-state index in [9.17, 15) is 4.79 Å². The van der Waals surface area contributed by atoms with Crippen molar-refractivity contribution in [1.29, 1.82) is 0 Å². The van der Waals surface area contributed by atoms with E-state index in [2.05, 4.69) is 48.0 Å². The zero-order valence-electron chi connectivity index (χ0n) is 17.4. The van der Waals surface area contributed by atoms with Crippen LogP contribution in [0, 0.1) is 0 Å². The predicted octanol–water partition coefficient (Wildman–Crippen LogP) is 6.03. The molecule has 0 bridgehead atoms. The third-order valence-corrected chi connectivity index (χ3v) is 5.91. The van der Waals surface area contributed by atoms with Crippen molar-refractivity contribution in [3.63, 3.8) is 0 Å². The molecule has 5 rings (SSSR count). The molecule has 0 aliphatic heterocycles. The molecule has 1 aliphatic rings. The van der Waals surface area contributed by atoms with E-state index in [1.165, 1.54) is 22.2 Å². The van der Waals surface area contributed by atoms with Crippen molar-refractivity contribution >= 4 is 17.0 Å². The van der Waals surface area contributed by atoms with E-state index in [0.717, 1.165) is 12.0 Å². The minimum atomic E-state index is -0.356. The number of fused-ring (bicyclic) bond motifs is 3. The van der Waals surface area contributed by atoms with E-state index in [1.807, 2.05) is 53.4 Å². The molecule has 1 aromatic heterocycles. The molecule has 1 heterocycles. The predicted molar refractivity (Wildman–Crippen MR) is 123 cm³/mol. The van der Waals surface area contributed by atoms with Gasteiger partial charge in [-0.05, 0) is 23.8 Å². The Morgan fingerprint density at radius 1 is 0.968 bits per heavy atom. The number of aromatic nitrogens is 1. The fourth-order valence-corrected chi connectivity index (χ4v) is 4.42. The fourth-order valence-electron chi connectivity index (χ4n) is 4.42. The zero-order valence-corrected chi connectivity index (χ0v) is 17.4. The van der Waals surface area contributed by atoms with Gasteiger partial charge in [-0.25, -0.2) is 4.79 Å². The number of benzene rings is 3. The Morgan fingerprint density at radius 2 is 1.65 bits per heavy atom. The number of carbonyl (C=O) groups excluding carboxylic acids is 1. The fraction of sp³-hybridized carbons (Fsp3) is 0.148. The Morgan fingerprint density at radius 3 is 2.42 bits per heavy atom. The average Bonchev–Trinajstić information content (AvgIpc) is 3.11. The van der Waals surface area contributed by atoms with Gasteiger partial charge in [0.1, 0.15) is 5.75 Å². The first-order valence-electron chi connectivity index (χ1n) is 10.5. The van der Waals surface area contributed by atoms with Gasteiger partial charge < -0.3 is 9.30 Å². The van der Waals surface area contributed by atoms with Gasteiger partial charge in [-0.1, -0.05) is 78.9 Å². The summed E-state index contributed by atoms with van der Waals surface area (Å²) in [6, 6.07) is 27.5. The first-order valence-corrected chi connectivity index (χ1v) is 10.5. The van der Waals surface area contributed by atoms with Gasteiger partial charge in [0.2, 0.25) is 0 Å². The topological polar surface area (TPSA) is 34.5 Å². The quantitative estimate of drug-likeness (QED) is 0.386. The van der Waals surface area contributed by atoms with Crippen LogP contribution in [0.4, 0.5) is 4.79 Å². The van der Waals surface area contributed by atoms with E-state index in [0.29, 0.717) is 12.3 Å². The summed E-state index contributed by atoms with van der Waals surface area (Å²) < 4.78 is 8.02.